The van der Waals surface area contributed by atoms with Gasteiger partial charge in [-0.3, -0.25) is 9.78 Å². The summed E-state index contributed by atoms with van der Waals surface area (Å²) in [6, 6.07) is 10.5. The van der Waals surface area contributed by atoms with Gasteiger partial charge < -0.3 is 10.6 Å². The van der Waals surface area contributed by atoms with Gasteiger partial charge in [0.05, 0.1) is 17.4 Å². The fourth-order valence-electron chi connectivity index (χ4n) is 2.35. The molecule has 0 spiro atoms. The van der Waals surface area contributed by atoms with E-state index < -0.39 is 0 Å². The summed E-state index contributed by atoms with van der Waals surface area (Å²) in [4.78, 5) is 16.2. The average molecular weight is 309 g/mol. The minimum Gasteiger partial charge on any atom is -0.354 e. The fraction of sp³-hybridized carbons (Fsp3) is 0.368. The van der Waals surface area contributed by atoms with Gasteiger partial charge in [-0.2, -0.15) is 0 Å². The Labute approximate surface area is 137 Å². The number of benzene rings is 1. The first-order chi connectivity index (χ1) is 10.9. The lowest BCUT2D eigenvalue weighted by atomic mass is 9.87. The lowest BCUT2D eigenvalue weighted by molar-refractivity contribution is 0.0950. The molecule has 4 nitrogen and oxygen atoms in total. The van der Waals surface area contributed by atoms with E-state index in [0.29, 0.717) is 11.6 Å². The molecular formula is C19H23N3O. The molecule has 4 heteroatoms. The molecule has 1 aromatic heterocycles. The highest BCUT2D eigenvalue weighted by Gasteiger charge is 2.24. The van der Waals surface area contributed by atoms with Crippen LogP contribution in [-0.4, -0.2) is 16.9 Å². The smallest absolute Gasteiger partial charge is 0.253 e. The van der Waals surface area contributed by atoms with Crippen molar-refractivity contribution in [3.05, 3.63) is 53.9 Å². The van der Waals surface area contributed by atoms with Crippen LogP contribution >= 0.6 is 0 Å². The molecule has 1 aliphatic carbocycles. The van der Waals surface area contributed by atoms with Crippen molar-refractivity contribution >= 4 is 17.3 Å². The Hall–Kier alpha value is -2.36. The highest BCUT2D eigenvalue weighted by atomic mass is 16.1. The molecule has 0 saturated heterocycles. The highest BCUT2D eigenvalue weighted by molar-refractivity contribution is 5.95. The molecule has 23 heavy (non-hydrogen) atoms. The molecule has 1 fully saturated rings. The number of amides is 1. The van der Waals surface area contributed by atoms with Crippen molar-refractivity contribution in [1.29, 1.82) is 0 Å². The van der Waals surface area contributed by atoms with Crippen molar-refractivity contribution in [3.8, 4) is 0 Å². The SMILES string of the molecule is CC(C)(C)c1ccc(Nc2cncc(C(=O)NC3CC3)c2)cc1. The molecule has 1 saturated carbocycles. The number of hydrogen-bond donors (Lipinski definition) is 2. The van der Waals surface area contributed by atoms with Gasteiger partial charge in [0.2, 0.25) is 0 Å². The molecule has 0 unspecified atom stereocenters. The van der Waals surface area contributed by atoms with Crippen LogP contribution in [0.2, 0.25) is 0 Å². The number of aromatic nitrogens is 1. The predicted octanol–water partition coefficient (Wildman–Crippen LogP) is 4.01. The Kier molecular flexibility index (Phi) is 4.07. The van der Waals surface area contributed by atoms with Crippen LogP contribution in [0, 0.1) is 0 Å². The van der Waals surface area contributed by atoms with Crippen molar-refractivity contribution in [3.63, 3.8) is 0 Å². The maximum Gasteiger partial charge on any atom is 0.253 e. The molecule has 2 aromatic rings. The number of carbonyl (C=O) groups is 1. The summed E-state index contributed by atoms with van der Waals surface area (Å²) < 4.78 is 0. The molecule has 120 valence electrons. The Bertz CT molecular complexity index is 697. The van der Waals surface area contributed by atoms with Crippen LogP contribution in [-0.2, 0) is 5.41 Å². The van der Waals surface area contributed by atoms with Crippen LogP contribution in [0.4, 0.5) is 11.4 Å². The van der Waals surface area contributed by atoms with E-state index in [9.17, 15) is 4.79 Å². The van der Waals surface area contributed by atoms with E-state index >= 15 is 0 Å². The zero-order chi connectivity index (χ0) is 16.4. The number of rotatable bonds is 4. The van der Waals surface area contributed by atoms with Crippen molar-refractivity contribution in [2.45, 2.75) is 45.1 Å². The maximum absolute atomic E-state index is 12.1. The van der Waals surface area contributed by atoms with E-state index in [1.165, 1.54) is 5.56 Å². The largest absolute Gasteiger partial charge is 0.354 e. The quantitative estimate of drug-likeness (QED) is 0.897. The van der Waals surface area contributed by atoms with Gasteiger partial charge >= 0.3 is 0 Å². The molecule has 2 N–H and O–H groups in total. The third kappa shape index (κ3) is 4.09. The minimum absolute atomic E-state index is 0.0493. The Morgan fingerprint density at radius 2 is 1.78 bits per heavy atom. The van der Waals surface area contributed by atoms with Crippen molar-refractivity contribution in [2.75, 3.05) is 5.32 Å². The van der Waals surface area contributed by atoms with Crippen molar-refractivity contribution in [2.24, 2.45) is 0 Å². The predicted molar refractivity (Wildman–Crippen MR) is 93.1 cm³/mol. The highest BCUT2D eigenvalue weighted by Crippen LogP contribution is 2.25. The second-order valence-electron chi connectivity index (χ2n) is 7.16. The van der Waals surface area contributed by atoms with Gasteiger partial charge in [-0.1, -0.05) is 32.9 Å². The van der Waals surface area contributed by atoms with Gasteiger partial charge in [-0.25, -0.2) is 0 Å². The van der Waals surface area contributed by atoms with Gasteiger partial charge in [-0.05, 0) is 42.0 Å². The van der Waals surface area contributed by atoms with Crippen LogP contribution in [0.3, 0.4) is 0 Å². The fourth-order valence-corrected chi connectivity index (χ4v) is 2.35. The van der Waals surface area contributed by atoms with E-state index in [-0.39, 0.29) is 11.3 Å². The van der Waals surface area contributed by atoms with E-state index in [0.717, 1.165) is 24.2 Å². The molecule has 0 atom stereocenters. The standard InChI is InChI=1S/C19H23N3O/c1-19(2,3)14-4-6-15(7-5-14)21-17-10-13(11-20-12-17)18(23)22-16-8-9-16/h4-7,10-12,16,21H,8-9H2,1-3H3,(H,22,23). The summed E-state index contributed by atoms with van der Waals surface area (Å²) >= 11 is 0. The molecule has 0 radical (unpaired) electrons. The van der Waals surface area contributed by atoms with E-state index in [1.807, 2.05) is 6.07 Å². The van der Waals surface area contributed by atoms with Gasteiger partial charge in [0.15, 0.2) is 0 Å². The molecule has 1 heterocycles. The molecule has 1 aliphatic rings. The van der Waals surface area contributed by atoms with E-state index in [2.05, 4.69) is 60.7 Å². The van der Waals surface area contributed by atoms with Gasteiger partial charge in [0.25, 0.3) is 5.91 Å². The summed E-state index contributed by atoms with van der Waals surface area (Å²) in [5.41, 5.74) is 3.82. The van der Waals surface area contributed by atoms with E-state index in [1.54, 1.807) is 12.4 Å². The van der Waals surface area contributed by atoms with E-state index in [4.69, 9.17) is 0 Å². The second-order valence-corrected chi connectivity index (χ2v) is 7.16. The summed E-state index contributed by atoms with van der Waals surface area (Å²) in [5.74, 6) is -0.0493. The van der Waals surface area contributed by atoms with Crippen LogP contribution in [0.5, 0.6) is 0 Å². The molecule has 3 rings (SSSR count). The number of nitrogens with zero attached hydrogens (tertiary/aromatic N) is 1. The van der Waals surface area contributed by atoms with Crippen LogP contribution < -0.4 is 10.6 Å². The first-order valence-electron chi connectivity index (χ1n) is 8.05. The van der Waals surface area contributed by atoms with Crippen LogP contribution in [0.25, 0.3) is 0 Å². The Morgan fingerprint density at radius 3 is 2.39 bits per heavy atom. The number of nitrogens with one attached hydrogen (secondary N) is 2. The van der Waals surface area contributed by atoms with Gasteiger partial charge in [0, 0.05) is 17.9 Å². The molecule has 1 amide bonds. The van der Waals surface area contributed by atoms with Crippen molar-refractivity contribution in [1.82, 2.24) is 10.3 Å². The van der Waals surface area contributed by atoms with Gasteiger partial charge in [0.1, 0.15) is 0 Å². The monoisotopic (exact) mass is 309 g/mol. The summed E-state index contributed by atoms with van der Waals surface area (Å²) in [6.07, 6.45) is 5.49. The zero-order valence-corrected chi connectivity index (χ0v) is 13.9. The Balaban J connectivity index is 1.71. The normalized spacial score (nSPS) is 14.4. The summed E-state index contributed by atoms with van der Waals surface area (Å²) in [5, 5.41) is 6.28. The maximum atomic E-state index is 12.1. The zero-order valence-electron chi connectivity index (χ0n) is 13.9. The van der Waals surface area contributed by atoms with Gasteiger partial charge in [-0.15, -0.1) is 0 Å². The third-order valence-corrected chi connectivity index (χ3v) is 3.95. The summed E-state index contributed by atoms with van der Waals surface area (Å²) in [7, 11) is 0. The van der Waals surface area contributed by atoms with Crippen molar-refractivity contribution < 1.29 is 4.79 Å². The number of anilines is 2. The summed E-state index contributed by atoms with van der Waals surface area (Å²) in [6.45, 7) is 6.59. The molecule has 0 bridgehead atoms. The second kappa shape index (κ2) is 6.03. The first-order valence-corrected chi connectivity index (χ1v) is 8.05. The lowest BCUT2D eigenvalue weighted by Gasteiger charge is -2.19. The molecule has 1 aromatic carbocycles. The first kappa shape index (κ1) is 15.5. The van der Waals surface area contributed by atoms with Crippen LogP contribution in [0.1, 0.15) is 49.5 Å². The molecular weight excluding hydrogens is 286 g/mol. The third-order valence-electron chi connectivity index (χ3n) is 3.95. The molecule has 0 aliphatic heterocycles. The minimum atomic E-state index is -0.0493. The number of carbonyl (C=O) groups excluding carboxylic acids is 1. The topological polar surface area (TPSA) is 54.0 Å². The number of hydrogen-bond acceptors (Lipinski definition) is 3. The Morgan fingerprint density at radius 1 is 1.09 bits per heavy atom. The average Bonchev–Trinajstić information content (AvgIpc) is 3.31. The van der Waals surface area contributed by atoms with Crippen LogP contribution in [0.15, 0.2) is 42.7 Å². The number of pyridine rings is 1. The lowest BCUT2D eigenvalue weighted by Crippen LogP contribution is -2.25.